The summed E-state index contributed by atoms with van der Waals surface area (Å²) in [6.07, 6.45) is 6.18. The van der Waals surface area contributed by atoms with E-state index < -0.39 is 12.1 Å². The van der Waals surface area contributed by atoms with Crippen molar-refractivity contribution in [3.63, 3.8) is 0 Å². The van der Waals surface area contributed by atoms with E-state index in [9.17, 15) is 9.59 Å². The van der Waals surface area contributed by atoms with Crippen LogP contribution < -0.4 is 4.74 Å². The van der Waals surface area contributed by atoms with Crippen molar-refractivity contribution in [2.45, 2.75) is 58.0 Å². The monoisotopic (exact) mass is 366 g/mol. The van der Waals surface area contributed by atoms with Crippen molar-refractivity contribution in [2.75, 3.05) is 7.11 Å². The Bertz CT molecular complexity index is 579. The molecule has 0 radical (unpaired) electrons. The Morgan fingerprint density at radius 3 is 2.50 bits per heavy atom. The third-order valence-electron chi connectivity index (χ3n) is 4.56. The van der Waals surface area contributed by atoms with Gasteiger partial charge >= 0.3 is 12.1 Å². The normalized spacial score (nSPS) is 19.5. The predicted molar refractivity (Wildman–Crippen MR) is 92.3 cm³/mol. The molecule has 0 aromatic heterocycles. The molecule has 1 aromatic carbocycles. The first-order valence-electron chi connectivity index (χ1n) is 9.03. The Morgan fingerprint density at radius 2 is 1.81 bits per heavy atom. The maximum atomic E-state index is 11.9. The predicted octanol–water partition coefficient (Wildman–Crippen LogP) is 4.60. The van der Waals surface area contributed by atoms with Gasteiger partial charge in [-0.05, 0) is 43.7 Å². The van der Waals surface area contributed by atoms with E-state index in [1.807, 2.05) is 0 Å². The van der Waals surface area contributed by atoms with Gasteiger partial charge in [0, 0.05) is 0 Å². The molecule has 1 saturated carbocycles. The molecule has 26 heavy (non-hydrogen) atoms. The van der Waals surface area contributed by atoms with Crippen LogP contribution in [-0.2, 0) is 19.6 Å². The van der Waals surface area contributed by atoms with Crippen molar-refractivity contribution in [2.24, 2.45) is 5.92 Å². The fraction of sp³-hybridized carbons (Fsp3) is 0.579. The second-order valence-electron chi connectivity index (χ2n) is 6.38. The maximum absolute atomic E-state index is 11.9. The van der Waals surface area contributed by atoms with Crippen molar-refractivity contribution in [3.05, 3.63) is 29.8 Å². The smallest absolute Gasteiger partial charge is 0.496 e. The van der Waals surface area contributed by atoms with Crippen molar-refractivity contribution >= 4 is 12.1 Å². The van der Waals surface area contributed by atoms with Gasteiger partial charge in [-0.3, -0.25) is 4.89 Å². The summed E-state index contributed by atoms with van der Waals surface area (Å²) in [4.78, 5) is 32.3. The van der Waals surface area contributed by atoms with E-state index in [0.29, 0.717) is 11.7 Å². The summed E-state index contributed by atoms with van der Waals surface area (Å²) in [5, 5.41) is 4.25. The summed E-state index contributed by atoms with van der Waals surface area (Å²) >= 11 is 0. The van der Waals surface area contributed by atoms with E-state index in [2.05, 4.69) is 21.7 Å². The van der Waals surface area contributed by atoms with Gasteiger partial charge in [0.1, 0.15) is 17.4 Å². The zero-order valence-electron chi connectivity index (χ0n) is 15.3. The second-order valence-corrected chi connectivity index (χ2v) is 6.38. The minimum absolute atomic E-state index is 0.150. The van der Waals surface area contributed by atoms with E-state index in [-0.39, 0.29) is 11.7 Å². The molecule has 2 rings (SSSR count). The summed E-state index contributed by atoms with van der Waals surface area (Å²) in [5.74, 6) is 0.194. The van der Waals surface area contributed by atoms with Crippen molar-refractivity contribution < 1.29 is 33.9 Å². The summed E-state index contributed by atoms with van der Waals surface area (Å²) in [6.45, 7) is 2.19. The van der Waals surface area contributed by atoms with Gasteiger partial charge in [0.15, 0.2) is 0 Å². The largest absolute Gasteiger partial charge is 0.543 e. The minimum Gasteiger partial charge on any atom is -0.496 e. The van der Waals surface area contributed by atoms with Crippen LogP contribution >= 0.6 is 0 Å². The Balaban J connectivity index is 1.66. The van der Waals surface area contributed by atoms with E-state index in [0.717, 1.165) is 25.7 Å². The zero-order valence-corrected chi connectivity index (χ0v) is 15.3. The summed E-state index contributed by atoms with van der Waals surface area (Å²) < 4.78 is 10.2. The lowest BCUT2D eigenvalue weighted by molar-refractivity contribution is -0.453. The van der Waals surface area contributed by atoms with Crippen molar-refractivity contribution in [1.29, 1.82) is 0 Å². The number of carbonyl (C=O) groups excluding carboxylic acids is 2. The van der Waals surface area contributed by atoms with Crippen LogP contribution in [0.2, 0.25) is 0 Å². The van der Waals surface area contributed by atoms with Gasteiger partial charge in [0.2, 0.25) is 0 Å². The SMILES string of the molecule is CCCCC1CCC(OC(=O)OOOC(=O)c2ccccc2OC)CC1. The van der Waals surface area contributed by atoms with E-state index in [1.54, 1.807) is 18.2 Å². The van der Waals surface area contributed by atoms with E-state index in [1.165, 1.54) is 32.4 Å². The number of unbranched alkanes of at least 4 members (excludes halogenated alkanes) is 1. The van der Waals surface area contributed by atoms with Crippen LogP contribution in [0.5, 0.6) is 5.75 Å². The highest BCUT2D eigenvalue weighted by Gasteiger charge is 2.25. The molecule has 1 aromatic rings. The van der Waals surface area contributed by atoms with Gasteiger partial charge in [-0.25, -0.2) is 14.5 Å². The number of ether oxygens (including phenoxy) is 2. The van der Waals surface area contributed by atoms with Gasteiger partial charge < -0.3 is 9.47 Å². The van der Waals surface area contributed by atoms with Crippen LogP contribution in [-0.4, -0.2) is 25.3 Å². The Morgan fingerprint density at radius 1 is 1.08 bits per heavy atom. The molecule has 0 bridgehead atoms. The number of rotatable bonds is 8. The average molecular weight is 366 g/mol. The molecule has 0 amide bonds. The van der Waals surface area contributed by atoms with Crippen molar-refractivity contribution in [3.8, 4) is 5.75 Å². The highest BCUT2D eigenvalue weighted by atomic mass is 17.5. The van der Waals surface area contributed by atoms with Crippen LogP contribution in [0.1, 0.15) is 62.2 Å². The third kappa shape index (κ3) is 6.22. The molecule has 144 valence electrons. The number of methoxy groups -OCH3 is 1. The van der Waals surface area contributed by atoms with Gasteiger partial charge in [-0.15, -0.1) is 0 Å². The Hall–Kier alpha value is -2.28. The molecule has 0 saturated heterocycles. The Labute approximate surface area is 153 Å². The molecule has 0 spiro atoms. The molecule has 0 atom stereocenters. The van der Waals surface area contributed by atoms with Gasteiger partial charge in [0.05, 0.1) is 12.1 Å². The summed E-state index contributed by atoms with van der Waals surface area (Å²) in [7, 11) is 1.43. The van der Waals surface area contributed by atoms with E-state index >= 15 is 0 Å². The van der Waals surface area contributed by atoms with Gasteiger partial charge in [0.25, 0.3) is 0 Å². The third-order valence-corrected chi connectivity index (χ3v) is 4.56. The molecular formula is C19H26O7. The van der Waals surface area contributed by atoms with Crippen LogP contribution in [0.15, 0.2) is 24.3 Å². The first-order chi connectivity index (χ1) is 12.6. The summed E-state index contributed by atoms with van der Waals surface area (Å²) in [5.41, 5.74) is 0.150. The fourth-order valence-corrected chi connectivity index (χ4v) is 3.12. The molecule has 1 aliphatic rings. The maximum Gasteiger partial charge on any atom is 0.543 e. The van der Waals surface area contributed by atoms with Crippen LogP contribution in [0.3, 0.4) is 0 Å². The number of hydrogen-bond acceptors (Lipinski definition) is 7. The summed E-state index contributed by atoms with van der Waals surface area (Å²) in [6, 6.07) is 6.45. The minimum atomic E-state index is -1.02. The lowest BCUT2D eigenvalue weighted by Gasteiger charge is -2.27. The molecule has 7 heteroatoms. The fourth-order valence-electron chi connectivity index (χ4n) is 3.12. The van der Waals surface area contributed by atoms with Crippen LogP contribution in [0.25, 0.3) is 0 Å². The number of carbonyl (C=O) groups is 2. The first-order valence-corrected chi connectivity index (χ1v) is 9.03. The topological polar surface area (TPSA) is 80.3 Å². The highest BCUT2D eigenvalue weighted by molar-refractivity contribution is 5.92. The molecular weight excluding hydrogens is 340 g/mol. The second kappa shape index (κ2) is 10.7. The van der Waals surface area contributed by atoms with Gasteiger partial charge in [-0.1, -0.05) is 38.3 Å². The molecule has 0 heterocycles. The Kier molecular flexibility index (Phi) is 8.21. The number of benzene rings is 1. The number of para-hydroxylation sites is 1. The van der Waals surface area contributed by atoms with Crippen molar-refractivity contribution in [1.82, 2.24) is 0 Å². The lowest BCUT2D eigenvalue weighted by atomic mass is 9.84. The molecule has 0 N–H and O–H groups in total. The highest BCUT2D eigenvalue weighted by Crippen LogP contribution is 2.30. The molecule has 1 fully saturated rings. The van der Waals surface area contributed by atoms with Crippen LogP contribution in [0, 0.1) is 5.92 Å². The number of hydrogen-bond donors (Lipinski definition) is 0. The molecule has 0 unspecified atom stereocenters. The standard InChI is InChI=1S/C19H26O7/c1-3-4-7-14-10-12-15(13-11-14)23-19(21)25-26-24-18(20)16-8-5-6-9-17(16)22-2/h5-6,8-9,14-15H,3-4,7,10-13H2,1-2H3. The van der Waals surface area contributed by atoms with E-state index in [4.69, 9.17) is 9.47 Å². The average Bonchev–Trinajstić information content (AvgIpc) is 2.67. The molecule has 0 aliphatic heterocycles. The molecule has 7 nitrogen and oxygen atoms in total. The molecule has 1 aliphatic carbocycles. The van der Waals surface area contributed by atoms with Crippen LogP contribution in [0.4, 0.5) is 4.79 Å². The quantitative estimate of drug-likeness (QED) is 0.378. The zero-order chi connectivity index (χ0) is 18.8. The van der Waals surface area contributed by atoms with Gasteiger partial charge in [-0.2, -0.15) is 0 Å². The lowest BCUT2D eigenvalue weighted by Crippen LogP contribution is -2.25. The first kappa shape index (κ1) is 20.0.